The van der Waals surface area contributed by atoms with Crippen molar-refractivity contribution in [3.05, 3.63) is 72.0 Å². The number of nitrogens with one attached hydrogen (secondary N) is 1. The quantitative estimate of drug-likeness (QED) is 0.0947. The molecule has 0 aromatic heterocycles. The van der Waals surface area contributed by atoms with E-state index in [9.17, 15) is 24.9 Å². The number of amidine groups is 3. The molecule has 15 atom stereocenters. The Hall–Kier alpha value is -4.38. The third kappa shape index (κ3) is 18.6. The highest BCUT2D eigenvalue weighted by molar-refractivity contribution is 8.15. The summed E-state index contributed by atoms with van der Waals surface area (Å²) in [6.45, 7) is 23.3. The fraction of sp³-hybridized carbons (Fsp3) is 0.678. The molecule has 470 valence electrons. The van der Waals surface area contributed by atoms with E-state index in [1.807, 2.05) is 117 Å². The van der Waals surface area contributed by atoms with Crippen molar-refractivity contribution in [3.63, 3.8) is 0 Å². The van der Waals surface area contributed by atoms with Crippen molar-refractivity contribution in [3.8, 4) is 11.5 Å². The standard InChI is InChI=1S/C25H36N2O6S.C24H36N2O6S.C10H18N2O4S/c1-8-27(24(28)33-25(3,4)5)23-26-20-21(31-15-17-9-11-18(30-7)12-10-17)16(2)19(13-14-29-6)32-22(20)34-23;1-7-26(23(28)32-24(3,4)5)22-25-19-20(15(2)18(12-13-27)31-21(19)33-22)30-14-16-8-10-17(29-6)11-9-16;1-2-11-10-12-6-8(15)7(14)5(3-4-13)16-9(6)17-10/h9-14,16,19-22H,8,15H2,1-7H3;8-11,15,18-21,27H,7,12-14H2,1-6H3;5-9,13-15H,2-4H2,1H3,(H,11,12)/b14-13+;;/t16-,19-,20-,21+,22-;15-,18-,19-,20+,21-;5-,6-,7-,8-,9-/m111/s1. The Morgan fingerprint density at radius 3 is 1.57 bits per heavy atom. The maximum Gasteiger partial charge on any atom is 0.416 e. The number of nitrogens with zero attached hydrogens (tertiary/aromatic N) is 5. The topological polar surface area (TPSA) is 263 Å². The van der Waals surface area contributed by atoms with Crippen molar-refractivity contribution in [2.45, 2.75) is 191 Å². The van der Waals surface area contributed by atoms with Gasteiger partial charge >= 0.3 is 12.2 Å². The van der Waals surface area contributed by atoms with Crippen LogP contribution in [0.1, 0.15) is 100 Å². The lowest BCUT2D eigenvalue weighted by Crippen LogP contribution is -2.58. The lowest BCUT2D eigenvalue weighted by atomic mass is 9.88. The molecule has 5 N–H and O–H groups in total. The number of carbonyl (C=O) groups is 2. The Kier molecular flexibility index (Phi) is 26.2. The van der Waals surface area contributed by atoms with Crippen LogP contribution < -0.4 is 14.8 Å². The van der Waals surface area contributed by atoms with E-state index in [4.69, 9.17) is 62.5 Å². The molecule has 6 heterocycles. The average molecular weight is 1240 g/mol. The monoisotopic (exact) mass is 1230 g/mol. The van der Waals surface area contributed by atoms with Crippen LogP contribution in [0, 0.1) is 11.8 Å². The second-order valence-corrected chi connectivity index (χ2v) is 25.9. The predicted molar refractivity (Wildman–Crippen MR) is 326 cm³/mol. The van der Waals surface area contributed by atoms with E-state index in [0.29, 0.717) is 56.0 Å². The fourth-order valence-corrected chi connectivity index (χ4v) is 13.6. The molecule has 0 spiro atoms. The Bertz CT molecular complexity index is 2520. The van der Waals surface area contributed by atoms with Crippen molar-refractivity contribution in [1.29, 1.82) is 0 Å². The van der Waals surface area contributed by atoms with Crippen molar-refractivity contribution >= 4 is 63.0 Å². The number of ether oxygens (including phenoxy) is 10. The number of rotatable bonds is 17. The van der Waals surface area contributed by atoms with Crippen LogP contribution in [0.2, 0.25) is 0 Å². The predicted octanol–water partition coefficient (Wildman–Crippen LogP) is 7.78. The summed E-state index contributed by atoms with van der Waals surface area (Å²) in [5, 5.41) is 43.2. The zero-order valence-corrected chi connectivity index (χ0v) is 53.4. The molecule has 0 saturated carbocycles. The molecule has 2 aromatic rings. The van der Waals surface area contributed by atoms with Gasteiger partial charge in [0.05, 0.1) is 77.4 Å². The summed E-state index contributed by atoms with van der Waals surface area (Å²) >= 11 is 4.27. The van der Waals surface area contributed by atoms with Gasteiger partial charge < -0.3 is 73.1 Å². The molecule has 8 rings (SSSR count). The molecule has 25 heteroatoms. The van der Waals surface area contributed by atoms with E-state index in [1.54, 1.807) is 37.4 Å². The Morgan fingerprint density at radius 2 is 1.13 bits per heavy atom. The first-order valence-corrected chi connectivity index (χ1v) is 31.3. The van der Waals surface area contributed by atoms with Crippen LogP contribution in [0.25, 0.3) is 0 Å². The lowest BCUT2D eigenvalue weighted by Gasteiger charge is -2.41. The fourth-order valence-electron chi connectivity index (χ4n) is 9.87. The SMILES string of the molecule is CCN(C(=O)OC(C)(C)C)C1=N[C@@H]2[C@@H](OCc3ccc(OC)cc3)[C@H](C)[C@@H](/C=C/OC)O[C@@H]2S1.CCN(C(=O)OC(C)(C)C)C1=N[C@@H]2[C@@H](OCc3ccc(OC)cc3)[C@H](C)[C@@H](CCO)O[C@@H]2S1.CCN=C1N[C@@H]2[C@@H](O)[C@H](O)[C@@H](CCO)O[C@@H]2S1. The number of fused-ring (bicyclic) bond motifs is 3. The van der Waals surface area contributed by atoms with Gasteiger partial charge in [-0.25, -0.2) is 9.59 Å². The molecule has 4 fully saturated rings. The van der Waals surface area contributed by atoms with Gasteiger partial charge in [-0.3, -0.25) is 24.8 Å². The highest BCUT2D eigenvalue weighted by Gasteiger charge is 2.52. The van der Waals surface area contributed by atoms with Gasteiger partial charge in [-0.2, -0.15) is 0 Å². The molecule has 84 heavy (non-hydrogen) atoms. The van der Waals surface area contributed by atoms with Crippen LogP contribution in [0.5, 0.6) is 11.5 Å². The number of aliphatic hydroxyl groups is 4. The van der Waals surface area contributed by atoms with E-state index in [1.165, 1.54) is 35.3 Å². The van der Waals surface area contributed by atoms with Gasteiger partial charge in [0.1, 0.15) is 63.3 Å². The molecule has 0 unspecified atom stereocenters. The molecule has 0 aliphatic carbocycles. The second kappa shape index (κ2) is 32.0. The third-order valence-electron chi connectivity index (χ3n) is 14.2. The average Bonchev–Trinajstić information content (AvgIpc) is 2.31. The lowest BCUT2D eigenvalue weighted by molar-refractivity contribution is -0.160. The first-order chi connectivity index (χ1) is 40.0. The molecular formula is C59H90N6O16S3. The van der Waals surface area contributed by atoms with E-state index in [-0.39, 0.29) is 83.9 Å². The highest BCUT2D eigenvalue weighted by Crippen LogP contribution is 2.44. The molecule has 22 nitrogen and oxygen atoms in total. The smallest absolute Gasteiger partial charge is 0.416 e. The zero-order valence-electron chi connectivity index (χ0n) is 50.9. The molecule has 0 radical (unpaired) electrons. The van der Waals surface area contributed by atoms with Gasteiger partial charge in [-0.05, 0) is 117 Å². The van der Waals surface area contributed by atoms with Gasteiger partial charge in [0, 0.05) is 44.7 Å². The second-order valence-electron chi connectivity index (χ2n) is 22.6. The normalized spacial score (nSPS) is 30.2. The molecule has 0 bridgehead atoms. The maximum absolute atomic E-state index is 12.8. The van der Waals surface area contributed by atoms with Gasteiger partial charge in [-0.1, -0.05) is 73.4 Å². The van der Waals surface area contributed by atoms with Crippen LogP contribution in [0.3, 0.4) is 0 Å². The van der Waals surface area contributed by atoms with Gasteiger partial charge in [-0.15, -0.1) is 0 Å². The van der Waals surface area contributed by atoms with Gasteiger partial charge in [0.2, 0.25) is 0 Å². The van der Waals surface area contributed by atoms with Crippen molar-refractivity contribution in [2.24, 2.45) is 26.8 Å². The summed E-state index contributed by atoms with van der Waals surface area (Å²) in [6, 6.07) is 14.7. The zero-order chi connectivity index (χ0) is 61.5. The minimum absolute atomic E-state index is 0.0196. The summed E-state index contributed by atoms with van der Waals surface area (Å²) < 4.78 is 57.9. The van der Waals surface area contributed by atoms with Crippen LogP contribution in [-0.4, -0.2) is 200 Å². The number of hydrogen-bond donors (Lipinski definition) is 5. The summed E-state index contributed by atoms with van der Waals surface area (Å²) in [5.41, 5.74) is 0.0619. The molecule has 2 amide bonds. The van der Waals surface area contributed by atoms with E-state index >= 15 is 0 Å². The number of thioether (sulfide) groups is 3. The molecule has 4 saturated heterocycles. The van der Waals surface area contributed by atoms with Crippen LogP contribution >= 0.6 is 35.3 Å². The molecular weight excluding hydrogens is 1140 g/mol. The molecule has 6 aliphatic heterocycles. The number of methoxy groups -OCH3 is 3. The van der Waals surface area contributed by atoms with Crippen LogP contribution in [0.15, 0.2) is 75.8 Å². The number of aliphatic imine (C=N–C) groups is 3. The number of benzene rings is 2. The van der Waals surface area contributed by atoms with Gasteiger partial charge in [0.25, 0.3) is 0 Å². The number of aliphatic hydroxyl groups excluding tert-OH is 4. The summed E-state index contributed by atoms with van der Waals surface area (Å²) in [5.74, 6) is 1.64. The van der Waals surface area contributed by atoms with Crippen molar-refractivity contribution in [1.82, 2.24) is 15.1 Å². The highest BCUT2D eigenvalue weighted by atomic mass is 32.2. The molecule has 2 aromatic carbocycles. The van der Waals surface area contributed by atoms with E-state index < -0.39 is 41.7 Å². The van der Waals surface area contributed by atoms with Crippen molar-refractivity contribution in [2.75, 3.05) is 54.2 Å². The minimum Gasteiger partial charge on any atom is -0.505 e. The van der Waals surface area contributed by atoms with Crippen LogP contribution in [0.4, 0.5) is 9.59 Å². The molecule has 6 aliphatic rings. The van der Waals surface area contributed by atoms with E-state index in [2.05, 4.69) is 24.2 Å². The van der Waals surface area contributed by atoms with E-state index in [0.717, 1.165) is 27.8 Å². The summed E-state index contributed by atoms with van der Waals surface area (Å²) in [7, 11) is 4.89. The summed E-state index contributed by atoms with van der Waals surface area (Å²) in [6.07, 6.45) is 0.332. The maximum atomic E-state index is 12.8. The minimum atomic E-state index is -0.975. The third-order valence-corrected chi connectivity index (χ3v) is 17.6. The number of amides is 2. The first kappa shape index (κ1) is 68.7. The Morgan fingerprint density at radius 1 is 0.667 bits per heavy atom. The van der Waals surface area contributed by atoms with Crippen LogP contribution in [-0.2, 0) is 51.1 Å². The largest absolute Gasteiger partial charge is 0.505 e. The number of hydrogen-bond acceptors (Lipinski definition) is 22. The summed E-state index contributed by atoms with van der Waals surface area (Å²) in [4.78, 5) is 42.6. The number of carbonyl (C=O) groups excluding carboxylic acids is 2. The Balaban J connectivity index is 0.000000213. The van der Waals surface area contributed by atoms with Crippen molar-refractivity contribution < 1.29 is 77.4 Å². The van der Waals surface area contributed by atoms with Gasteiger partial charge in [0.15, 0.2) is 15.5 Å². The first-order valence-electron chi connectivity index (χ1n) is 28.7. The Labute approximate surface area is 508 Å².